The maximum absolute atomic E-state index is 13.6. The van der Waals surface area contributed by atoms with Crippen molar-refractivity contribution in [3.8, 4) is 22.5 Å². The van der Waals surface area contributed by atoms with Gasteiger partial charge < -0.3 is 9.73 Å². The van der Waals surface area contributed by atoms with Crippen LogP contribution in [0.4, 0.5) is 10.1 Å². The Balaban J connectivity index is 1.80. The number of sulfonamides is 1. The number of benzene rings is 4. The van der Waals surface area contributed by atoms with Gasteiger partial charge in [0.15, 0.2) is 0 Å². The van der Waals surface area contributed by atoms with Crippen molar-refractivity contribution in [3.05, 3.63) is 114 Å². The Morgan fingerprint density at radius 3 is 2.21 bits per heavy atom. The minimum atomic E-state index is -3.79. The van der Waals surface area contributed by atoms with Gasteiger partial charge in [-0.15, -0.1) is 0 Å². The summed E-state index contributed by atoms with van der Waals surface area (Å²) in [5, 5.41) is 3.26. The van der Waals surface area contributed by atoms with E-state index in [2.05, 4.69) is 5.32 Å². The summed E-state index contributed by atoms with van der Waals surface area (Å²) in [4.78, 5) is 13.1. The number of carbonyl (C=O) groups excluding carboxylic acids is 1. The zero-order valence-electron chi connectivity index (χ0n) is 21.7. The van der Waals surface area contributed by atoms with Gasteiger partial charge in [0.2, 0.25) is 10.0 Å². The van der Waals surface area contributed by atoms with Crippen LogP contribution in [-0.4, -0.2) is 27.6 Å². The molecule has 0 aliphatic rings. The number of rotatable bonds is 7. The highest BCUT2D eigenvalue weighted by Crippen LogP contribution is 2.42. The zero-order chi connectivity index (χ0) is 27.7. The summed E-state index contributed by atoms with van der Waals surface area (Å²) in [6.45, 7) is 1.96. The van der Waals surface area contributed by atoms with Crippen LogP contribution in [0.25, 0.3) is 33.4 Å². The number of nitrogens with one attached hydrogen (secondary N) is 1. The van der Waals surface area contributed by atoms with Gasteiger partial charge in [0, 0.05) is 29.6 Å². The molecule has 39 heavy (non-hydrogen) atoms. The molecule has 0 spiro atoms. The van der Waals surface area contributed by atoms with Crippen molar-refractivity contribution >= 4 is 32.6 Å². The zero-order valence-corrected chi connectivity index (χ0v) is 22.6. The summed E-state index contributed by atoms with van der Waals surface area (Å²) in [6.07, 6.45) is 1.13. The van der Waals surface area contributed by atoms with Gasteiger partial charge in [-0.2, -0.15) is 0 Å². The van der Waals surface area contributed by atoms with Crippen LogP contribution in [0.2, 0.25) is 0 Å². The highest BCUT2D eigenvalue weighted by molar-refractivity contribution is 7.92. The highest BCUT2D eigenvalue weighted by Gasteiger charge is 2.27. The molecule has 4 aromatic carbocycles. The number of anilines is 1. The minimum absolute atomic E-state index is 0.0156. The second kappa shape index (κ2) is 10.4. The van der Waals surface area contributed by atoms with Crippen LogP contribution in [0.15, 0.2) is 95.4 Å². The van der Waals surface area contributed by atoms with Crippen molar-refractivity contribution in [1.82, 2.24) is 5.32 Å². The number of halogens is 1. The fourth-order valence-electron chi connectivity index (χ4n) is 4.58. The van der Waals surface area contributed by atoms with Gasteiger partial charge in [-0.3, -0.25) is 9.10 Å². The SMILES string of the molecule is CNC(=O)c1c(-c2ccc(C)cc2)oc2cc(N(Cc3ccc(F)cc3)S(C)(=O)=O)c(-c3ccccc3)cc12. The smallest absolute Gasteiger partial charge is 0.255 e. The van der Waals surface area contributed by atoms with Crippen LogP contribution >= 0.6 is 0 Å². The van der Waals surface area contributed by atoms with Crippen molar-refractivity contribution in [3.63, 3.8) is 0 Å². The number of hydrogen-bond acceptors (Lipinski definition) is 4. The van der Waals surface area contributed by atoms with E-state index in [1.807, 2.05) is 61.5 Å². The molecule has 0 atom stereocenters. The second-order valence-electron chi connectivity index (χ2n) is 9.38. The van der Waals surface area contributed by atoms with E-state index in [1.54, 1.807) is 31.3 Å². The summed E-state index contributed by atoms with van der Waals surface area (Å²) in [5.41, 5.74) is 4.90. The Morgan fingerprint density at radius 2 is 1.59 bits per heavy atom. The first-order chi connectivity index (χ1) is 18.7. The molecule has 1 aromatic heterocycles. The summed E-state index contributed by atoms with van der Waals surface area (Å²) < 4.78 is 47.4. The van der Waals surface area contributed by atoms with Gasteiger partial charge in [-0.25, -0.2) is 12.8 Å². The molecular weight excluding hydrogens is 515 g/mol. The Hall–Kier alpha value is -4.43. The number of amides is 1. The van der Waals surface area contributed by atoms with Crippen LogP contribution in [0, 0.1) is 12.7 Å². The molecule has 0 unspecified atom stereocenters. The van der Waals surface area contributed by atoms with E-state index < -0.39 is 15.8 Å². The molecule has 0 fully saturated rings. The molecule has 8 heteroatoms. The van der Waals surface area contributed by atoms with E-state index in [0.29, 0.717) is 39.1 Å². The average Bonchev–Trinajstić information content (AvgIpc) is 3.30. The van der Waals surface area contributed by atoms with Crippen molar-refractivity contribution in [2.75, 3.05) is 17.6 Å². The number of fused-ring (bicyclic) bond motifs is 1. The predicted molar refractivity (Wildman–Crippen MR) is 153 cm³/mol. The van der Waals surface area contributed by atoms with Crippen LogP contribution < -0.4 is 9.62 Å². The van der Waals surface area contributed by atoms with Crippen LogP contribution in [0.1, 0.15) is 21.5 Å². The Kier molecular flexibility index (Phi) is 6.97. The van der Waals surface area contributed by atoms with E-state index in [9.17, 15) is 17.6 Å². The number of furan rings is 1. The lowest BCUT2D eigenvalue weighted by Crippen LogP contribution is -2.29. The lowest BCUT2D eigenvalue weighted by molar-refractivity contribution is 0.0964. The lowest BCUT2D eigenvalue weighted by Gasteiger charge is -2.25. The molecule has 198 valence electrons. The summed E-state index contributed by atoms with van der Waals surface area (Å²) >= 11 is 0. The molecule has 5 aromatic rings. The van der Waals surface area contributed by atoms with Crippen LogP contribution in [0.5, 0.6) is 0 Å². The molecule has 0 aliphatic carbocycles. The highest BCUT2D eigenvalue weighted by atomic mass is 32.2. The standard InChI is InChI=1S/C31H27FN2O4S/c1-20-9-13-23(14-10-20)30-29(31(35)33-2)26-17-25(22-7-5-4-6-8-22)27(18-28(26)38-30)34(39(3,36)37)19-21-11-15-24(32)16-12-21/h4-18H,19H2,1-3H3,(H,33,35). The maximum Gasteiger partial charge on any atom is 0.255 e. The van der Waals surface area contributed by atoms with Gasteiger partial charge in [-0.1, -0.05) is 72.3 Å². The molecule has 0 saturated carbocycles. The topological polar surface area (TPSA) is 79.6 Å². The molecule has 0 radical (unpaired) electrons. The molecule has 0 saturated heterocycles. The third kappa shape index (κ3) is 5.28. The number of carbonyl (C=O) groups is 1. The normalized spacial score (nSPS) is 11.5. The minimum Gasteiger partial charge on any atom is -0.455 e. The van der Waals surface area contributed by atoms with Crippen molar-refractivity contribution in [2.45, 2.75) is 13.5 Å². The second-order valence-corrected chi connectivity index (χ2v) is 11.3. The third-order valence-electron chi connectivity index (χ3n) is 6.57. The number of nitrogens with zero attached hydrogens (tertiary/aromatic N) is 1. The average molecular weight is 543 g/mol. The Bertz CT molecular complexity index is 1760. The molecule has 6 nitrogen and oxygen atoms in total. The molecule has 1 N–H and O–H groups in total. The summed E-state index contributed by atoms with van der Waals surface area (Å²) in [5.74, 6) is -0.329. The van der Waals surface area contributed by atoms with Crippen molar-refractivity contribution < 1.29 is 22.0 Å². The fraction of sp³-hybridized carbons (Fsp3) is 0.129. The Labute approximate surface area is 226 Å². The molecule has 0 aliphatic heterocycles. The van der Waals surface area contributed by atoms with Crippen molar-refractivity contribution in [2.24, 2.45) is 0 Å². The fourth-order valence-corrected chi connectivity index (χ4v) is 5.47. The monoisotopic (exact) mass is 542 g/mol. The van der Waals surface area contributed by atoms with E-state index in [-0.39, 0.29) is 12.5 Å². The van der Waals surface area contributed by atoms with Gasteiger partial charge in [-0.05, 0) is 36.2 Å². The van der Waals surface area contributed by atoms with E-state index in [0.717, 1.165) is 22.9 Å². The molecule has 1 heterocycles. The van der Waals surface area contributed by atoms with Crippen molar-refractivity contribution in [1.29, 1.82) is 0 Å². The molecule has 5 rings (SSSR count). The van der Waals surface area contributed by atoms with Gasteiger partial charge in [0.1, 0.15) is 17.2 Å². The van der Waals surface area contributed by atoms with Crippen LogP contribution in [-0.2, 0) is 16.6 Å². The first-order valence-corrected chi connectivity index (χ1v) is 14.2. The maximum atomic E-state index is 13.6. The molecular formula is C31H27FN2O4S. The largest absolute Gasteiger partial charge is 0.455 e. The first-order valence-electron chi connectivity index (χ1n) is 12.3. The number of aryl methyl sites for hydroxylation is 1. The quantitative estimate of drug-likeness (QED) is 0.253. The summed E-state index contributed by atoms with van der Waals surface area (Å²) in [6, 6.07) is 26.2. The molecule has 0 bridgehead atoms. The van der Waals surface area contributed by atoms with Gasteiger partial charge in [0.05, 0.1) is 24.1 Å². The van der Waals surface area contributed by atoms with E-state index in [4.69, 9.17) is 4.42 Å². The lowest BCUT2D eigenvalue weighted by atomic mass is 9.98. The number of hydrogen-bond donors (Lipinski definition) is 1. The molecule has 1 amide bonds. The van der Waals surface area contributed by atoms with Gasteiger partial charge in [0.25, 0.3) is 5.91 Å². The first kappa shape index (κ1) is 26.2. The van der Waals surface area contributed by atoms with Crippen LogP contribution in [0.3, 0.4) is 0 Å². The Morgan fingerprint density at radius 1 is 0.923 bits per heavy atom. The third-order valence-corrected chi connectivity index (χ3v) is 7.69. The predicted octanol–water partition coefficient (Wildman–Crippen LogP) is 6.54. The summed E-state index contributed by atoms with van der Waals surface area (Å²) in [7, 11) is -2.23. The van der Waals surface area contributed by atoms with E-state index >= 15 is 0 Å². The van der Waals surface area contributed by atoms with E-state index in [1.165, 1.54) is 16.4 Å². The van der Waals surface area contributed by atoms with Gasteiger partial charge >= 0.3 is 0 Å².